The average molecular weight is 257 g/mol. The lowest BCUT2D eigenvalue weighted by atomic mass is 10.1. The van der Waals surface area contributed by atoms with Crippen molar-refractivity contribution in [1.82, 2.24) is 0 Å². The summed E-state index contributed by atoms with van der Waals surface area (Å²) in [6.07, 6.45) is 0. The smallest absolute Gasteiger partial charge is 0.336 e. The largest absolute Gasteiger partial charge is 0.420 e. The Hall–Kier alpha value is -1.16. The second-order valence-electron chi connectivity index (χ2n) is 2.84. The molecule has 0 bridgehead atoms. The van der Waals surface area contributed by atoms with Crippen molar-refractivity contribution in [1.29, 1.82) is 0 Å². The van der Waals surface area contributed by atoms with Crippen LogP contribution in [0.25, 0.3) is 11.0 Å². The molecule has 0 saturated heterocycles. The van der Waals surface area contributed by atoms with Crippen LogP contribution < -0.4 is 5.63 Å². The van der Waals surface area contributed by atoms with Crippen LogP contribution in [-0.2, 0) is 5.33 Å². The maximum atomic E-state index is 13.2. The third-order valence-electron chi connectivity index (χ3n) is 1.95. The molecule has 0 N–H and O–H groups in total. The molecule has 0 aliphatic heterocycles. The molecule has 2 rings (SSSR count). The molecule has 72 valence electrons. The van der Waals surface area contributed by atoms with E-state index in [4.69, 9.17) is 4.42 Å². The van der Waals surface area contributed by atoms with Crippen LogP contribution in [-0.4, -0.2) is 0 Å². The van der Waals surface area contributed by atoms with Crippen molar-refractivity contribution in [2.24, 2.45) is 0 Å². The zero-order valence-corrected chi connectivity index (χ0v) is 8.67. The molecule has 1 heterocycles. The van der Waals surface area contributed by atoms with Crippen molar-refractivity contribution >= 4 is 26.9 Å². The molecule has 0 spiro atoms. The average Bonchev–Trinajstić information content (AvgIpc) is 2.18. The van der Waals surface area contributed by atoms with E-state index >= 15 is 0 Å². The molecule has 0 amide bonds. The van der Waals surface area contributed by atoms with E-state index in [0.717, 1.165) is 5.56 Å². The van der Waals surface area contributed by atoms with Crippen molar-refractivity contribution in [2.75, 3.05) is 0 Å². The predicted octanol–water partition coefficient (Wildman–Crippen LogP) is 2.83. The minimum atomic E-state index is -0.531. The van der Waals surface area contributed by atoms with Gasteiger partial charge in [-0.1, -0.05) is 28.1 Å². The Labute approximate surface area is 87.5 Å². The van der Waals surface area contributed by atoms with E-state index in [1.165, 1.54) is 12.1 Å². The number of benzene rings is 1. The van der Waals surface area contributed by atoms with E-state index < -0.39 is 11.4 Å². The van der Waals surface area contributed by atoms with Gasteiger partial charge in [0.25, 0.3) is 0 Å². The highest BCUT2D eigenvalue weighted by atomic mass is 79.9. The minimum absolute atomic E-state index is 0.0226. The van der Waals surface area contributed by atoms with Gasteiger partial charge in [0.05, 0.1) is 0 Å². The second kappa shape index (κ2) is 3.53. The molecule has 0 fully saturated rings. The second-order valence-corrected chi connectivity index (χ2v) is 3.40. The van der Waals surface area contributed by atoms with Gasteiger partial charge in [-0.15, -0.1) is 0 Å². The van der Waals surface area contributed by atoms with Gasteiger partial charge >= 0.3 is 5.63 Å². The Morgan fingerprint density at radius 3 is 2.93 bits per heavy atom. The van der Waals surface area contributed by atoms with Gasteiger partial charge in [0.1, 0.15) is 0 Å². The van der Waals surface area contributed by atoms with E-state index in [1.54, 1.807) is 12.1 Å². The maximum Gasteiger partial charge on any atom is 0.336 e. The van der Waals surface area contributed by atoms with Crippen LogP contribution in [0.2, 0.25) is 0 Å². The lowest BCUT2D eigenvalue weighted by Crippen LogP contribution is -2.00. The van der Waals surface area contributed by atoms with Crippen LogP contribution in [0.15, 0.2) is 33.5 Å². The fourth-order valence-corrected chi connectivity index (χ4v) is 1.79. The van der Waals surface area contributed by atoms with Crippen LogP contribution >= 0.6 is 15.9 Å². The van der Waals surface area contributed by atoms with Gasteiger partial charge in [0.15, 0.2) is 11.4 Å². The quantitative estimate of drug-likeness (QED) is 0.580. The Kier molecular flexibility index (Phi) is 2.37. The number of hydrogen-bond donors (Lipinski definition) is 0. The summed E-state index contributed by atoms with van der Waals surface area (Å²) in [5.74, 6) is -0.512. The summed E-state index contributed by atoms with van der Waals surface area (Å²) in [4.78, 5) is 11.1. The number of para-hydroxylation sites is 1. The molecular weight excluding hydrogens is 251 g/mol. The molecule has 0 aliphatic carbocycles. The Balaban J connectivity index is 2.94. The molecule has 1 aromatic heterocycles. The van der Waals surface area contributed by atoms with Gasteiger partial charge < -0.3 is 4.42 Å². The summed E-state index contributed by atoms with van der Waals surface area (Å²) in [7, 11) is 0. The van der Waals surface area contributed by atoms with E-state index in [-0.39, 0.29) is 5.58 Å². The Bertz CT molecular complexity index is 533. The standard InChI is InChI=1S/C10H6BrFO2/c11-5-6-4-9(13)14-10-7(6)2-1-3-8(10)12/h1-4H,5H2. The van der Waals surface area contributed by atoms with Crippen LogP contribution in [0, 0.1) is 5.82 Å². The van der Waals surface area contributed by atoms with Gasteiger partial charge in [-0.3, -0.25) is 0 Å². The Morgan fingerprint density at radius 2 is 2.21 bits per heavy atom. The first kappa shape index (κ1) is 9.40. The van der Waals surface area contributed by atoms with Gasteiger partial charge in [-0.05, 0) is 11.6 Å². The summed E-state index contributed by atoms with van der Waals surface area (Å²) in [6.45, 7) is 0. The van der Waals surface area contributed by atoms with Crippen molar-refractivity contribution in [3.8, 4) is 0 Å². The topological polar surface area (TPSA) is 30.2 Å². The number of fused-ring (bicyclic) bond motifs is 1. The van der Waals surface area contributed by atoms with Crippen molar-refractivity contribution in [3.05, 3.63) is 46.1 Å². The lowest BCUT2D eigenvalue weighted by molar-refractivity contribution is 0.523. The molecule has 14 heavy (non-hydrogen) atoms. The highest BCUT2D eigenvalue weighted by molar-refractivity contribution is 9.08. The number of alkyl halides is 1. The Morgan fingerprint density at radius 1 is 1.43 bits per heavy atom. The molecule has 2 nitrogen and oxygen atoms in total. The summed E-state index contributed by atoms with van der Waals surface area (Å²) in [5, 5.41) is 1.12. The first-order valence-corrected chi connectivity index (χ1v) is 5.12. The highest BCUT2D eigenvalue weighted by Gasteiger charge is 2.07. The third kappa shape index (κ3) is 1.46. The van der Waals surface area contributed by atoms with Crippen LogP contribution in [0.4, 0.5) is 4.39 Å². The van der Waals surface area contributed by atoms with Crippen molar-refractivity contribution in [3.63, 3.8) is 0 Å². The zero-order chi connectivity index (χ0) is 10.1. The zero-order valence-electron chi connectivity index (χ0n) is 7.09. The monoisotopic (exact) mass is 256 g/mol. The van der Waals surface area contributed by atoms with Crippen molar-refractivity contribution in [2.45, 2.75) is 5.33 Å². The van der Waals surface area contributed by atoms with E-state index in [1.807, 2.05) is 0 Å². The minimum Gasteiger partial charge on any atom is -0.420 e. The number of hydrogen-bond acceptors (Lipinski definition) is 2. The molecule has 0 aliphatic rings. The summed E-state index contributed by atoms with van der Waals surface area (Å²) in [6, 6.07) is 5.93. The van der Waals surface area contributed by atoms with Gasteiger partial charge in [0, 0.05) is 16.8 Å². The summed E-state index contributed by atoms with van der Waals surface area (Å²) >= 11 is 3.23. The fraction of sp³-hybridized carbons (Fsp3) is 0.100. The van der Waals surface area contributed by atoms with E-state index in [0.29, 0.717) is 10.7 Å². The maximum absolute atomic E-state index is 13.2. The molecular formula is C10H6BrFO2. The molecule has 2 aromatic rings. The molecule has 0 unspecified atom stereocenters. The fourth-order valence-electron chi connectivity index (χ4n) is 1.33. The van der Waals surface area contributed by atoms with Gasteiger partial charge in [-0.2, -0.15) is 0 Å². The van der Waals surface area contributed by atoms with Crippen LogP contribution in [0.5, 0.6) is 0 Å². The van der Waals surface area contributed by atoms with Crippen LogP contribution in [0.1, 0.15) is 5.56 Å². The molecule has 0 radical (unpaired) electrons. The summed E-state index contributed by atoms with van der Waals surface area (Å²) in [5.41, 5.74) is 0.224. The third-order valence-corrected chi connectivity index (χ3v) is 2.56. The lowest BCUT2D eigenvalue weighted by Gasteiger charge is -2.01. The van der Waals surface area contributed by atoms with Crippen LogP contribution in [0.3, 0.4) is 0 Å². The molecule has 0 saturated carbocycles. The molecule has 1 aromatic carbocycles. The molecule has 4 heteroatoms. The van der Waals surface area contributed by atoms with Crippen molar-refractivity contribution < 1.29 is 8.81 Å². The number of rotatable bonds is 1. The SMILES string of the molecule is O=c1cc(CBr)c2cccc(F)c2o1. The first-order chi connectivity index (χ1) is 6.72. The highest BCUT2D eigenvalue weighted by Crippen LogP contribution is 2.21. The van der Waals surface area contributed by atoms with E-state index in [2.05, 4.69) is 15.9 Å². The van der Waals surface area contributed by atoms with Gasteiger partial charge in [0.2, 0.25) is 0 Å². The first-order valence-electron chi connectivity index (χ1n) is 3.99. The normalized spacial score (nSPS) is 10.7. The summed E-state index contributed by atoms with van der Waals surface area (Å²) < 4.78 is 18.0. The number of halogens is 2. The van der Waals surface area contributed by atoms with Gasteiger partial charge in [-0.25, -0.2) is 9.18 Å². The predicted molar refractivity (Wildman–Crippen MR) is 55.1 cm³/mol. The molecule has 0 atom stereocenters. The van der Waals surface area contributed by atoms with E-state index in [9.17, 15) is 9.18 Å².